The van der Waals surface area contributed by atoms with E-state index in [1.54, 1.807) is 5.38 Å². The third-order valence-electron chi connectivity index (χ3n) is 1.97. The van der Waals surface area contributed by atoms with Crippen LogP contribution < -0.4 is 5.32 Å². The number of carbonyl (C=O) groups is 2. The standard InChI is InChI=1S/C10H7N3O3S/c14-8(6-1-3-11-12-5-6)13-9-7(10(15)16)2-4-17-9/h1-5H,(H,13,14)(H,15,16). The molecule has 0 aliphatic rings. The molecule has 0 atom stereocenters. The lowest BCUT2D eigenvalue weighted by atomic mass is 10.3. The van der Waals surface area contributed by atoms with Gasteiger partial charge in [-0.05, 0) is 17.5 Å². The summed E-state index contributed by atoms with van der Waals surface area (Å²) in [6, 6.07) is 2.93. The maximum Gasteiger partial charge on any atom is 0.338 e. The summed E-state index contributed by atoms with van der Waals surface area (Å²) in [5.74, 6) is -1.49. The third kappa shape index (κ3) is 2.45. The number of hydrogen-bond donors (Lipinski definition) is 2. The smallest absolute Gasteiger partial charge is 0.338 e. The molecule has 0 saturated carbocycles. The predicted octanol–water partition coefficient (Wildman–Crippen LogP) is 1.49. The molecule has 0 aliphatic heterocycles. The SMILES string of the molecule is O=C(Nc1sccc1C(=O)O)c1ccnnc1. The van der Waals surface area contributed by atoms with Crippen LogP contribution in [0.25, 0.3) is 0 Å². The molecule has 2 rings (SSSR count). The maximum atomic E-state index is 11.7. The second-order valence-corrected chi connectivity index (χ2v) is 3.97. The topological polar surface area (TPSA) is 92.2 Å². The molecule has 6 nitrogen and oxygen atoms in total. The second kappa shape index (κ2) is 4.71. The van der Waals surface area contributed by atoms with E-state index < -0.39 is 11.9 Å². The first-order valence-corrected chi connectivity index (χ1v) is 5.45. The number of amides is 1. The highest BCUT2D eigenvalue weighted by molar-refractivity contribution is 7.14. The van der Waals surface area contributed by atoms with Gasteiger partial charge in [-0.2, -0.15) is 10.2 Å². The summed E-state index contributed by atoms with van der Waals surface area (Å²) in [6.45, 7) is 0. The summed E-state index contributed by atoms with van der Waals surface area (Å²) in [7, 11) is 0. The van der Waals surface area contributed by atoms with Gasteiger partial charge in [0.05, 0.1) is 23.5 Å². The molecule has 0 radical (unpaired) electrons. The van der Waals surface area contributed by atoms with Crippen LogP contribution >= 0.6 is 11.3 Å². The number of aromatic carboxylic acids is 1. The number of aromatic nitrogens is 2. The van der Waals surface area contributed by atoms with E-state index in [0.717, 1.165) is 11.3 Å². The van der Waals surface area contributed by atoms with E-state index >= 15 is 0 Å². The molecule has 2 N–H and O–H groups in total. The largest absolute Gasteiger partial charge is 0.478 e. The Morgan fingerprint density at radius 2 is 2.12 bits per heavy atom. The summed E-state index contributed by atoms with van der Waals surface area (Å²) < 4.78 is 0. The van der Waals surface area contributed by atoms with Crippen molar-refractivity contribution in [3.8, 4) is 0 Å². The highest BCUT2D eigenvalue weighted by Gasteiger charge is 2.14. The van der Waals surface area contributed by atoms with E-state index in [2.05, 4.69) is 15.5 Å². The molecule has 17 heavy (non-hydrogen) atoms. The minimum atomic E-state index is -1.07. The van der Waals surface area contributed by atoms with Crippen LogP contribution in [0.4, 0.5) is 5.00 Å². The second-order valence-electron chi connectivity index (χ2n) is 3.05. The molecule has 0 aromatic carbocycles. The predicted molar refractivity (Wildman–Crippen MR) is 61.3 cm³/mol. The van der Waals surface area contributed by atoms with Gasteiger partial charge in [0.2, 0.25) is 0 Å². The quantitative estimate of drug-likeness (QED) is 0.859. The van der Waals surface area contributed by atoms with E-state index in [9.17, 15) is 9.59 Å². The zero-order chi connectivity index (χ0) is 12.3. The Kier molecular flexibility index (Phi) is 3.10. The lowest BCUT2D eigenvalue weighted by Crippen LogP contribution is -2.13. The van der Waals surface area contributed by atoms with E-state index in [1.807, 2.05) is 0 Å². The zero-order valence-corrected chi connectivity index (χ0v) is 9.27. The van der Waals surface area contributed by atoms with Crippen molar-refractivity contribution in [3.63, 3.8) is 0 Å². The average Bonchev–Trinajstić information content (AvgIpc) is 2.78. The number of carboxylic acids is 1. The van der Waals surface area contributed by atoms with Crippen LogP contribution in [-0.4, -0.2) is 27.2 Å². The number of nitrogens with one attached hydrogen (secondary N) is 1. The highest BCUT2D eigenvalue weighted by atomic mass is 32.1. The first kappa shape index (κ1) is 11.2. The number of carboxylic acid groups (broad SMARTS) is 1. The van der Waals surface area contributed by atoms with E-state index in [-0.39, 0.29) is 5.56 Å². The molecule has 0 unspecified atom stereocenters. The van der Waals surface area contributed by atoms with Crippen molar-refractivity contribution in [2.24, 2.45) is 0 Å². The summed E-state index contributed by atoms with van der Waals surface area (Å²) in [5, 5.41) is 20.4. The van der Waals surface area contributed by atoms with Gasteiger partial charge in [-0.3, -0.25) is 4.79 Å². The van der Waals surface area contributed by atoms with Crippen LogP contribution in [0.2, 0.25) is 0 Å². The van der Waals surface area contributed by atoms with Gasteiger partial charge >= 0.3 is 5.97 Å². The normalized spacial score (nSPS) is 9.88. The molecule has 0 bridgehead atoms. The number of thiophene rings is 1. The molecule has 0 spiro atoms. The minimum absolute atomic E-state index is 0.0744. The van der Waals surface area contributed by atoms with Crippen LogP contribution in [0.3, 0.4) is 0 Å². The van der Waals surface area contributed by atoms with Gasteiger partial charge in [-0.15, -0.1) is 11.3 Å². The van der Waals surface area contributed by atoms with Crippen molar-refractivity contribution in [1.29, 1.82) is 0 Å². The molecule has 7 heteroatoms. The fourth-order valence-electron chi connectivity index (χ4n) is 1.17. The molecule has 2 aromatic rings. The lowest BCUT2D eigenvalue weighted by Gasteiger charge is -2.02. The van der Waals surface area contributed by atoms with Crippen molar-refractivity contribution in [2.45, 2.75) is 0 Å². The summed E-state index contributed by atoms with van der Waals surface area (Å²) in [4.78, 5) is 22.6. The maximum absolute atomic E-state index is 11.7. The summed E-state index contributed by atoms with van der Waals surface area (Å²) >= 11 is 1.15. The van der Waals surface area contributed by atoms with Gasteiger partial charge in [-0.25, -0.2) is 4.79 Å². The van der Waals surface area contributed by atoms with E-state index in [0.29, 0.717) is 10.6 Å². The number of carbonyl (C=O) groups excluding carboxylic acids is 1. The highest BCUT2D eigenvalue weighted by Crippen LogP contribution is 2.23. The van der Waals surface area contributed by atoms with Gasteiger partial charge in [0.15, 0.2) is 0 Å². The monoisotopic (exact) mass is 249 g/mol. The lowest BCUT2D eigenvalue weighted by molar-refractivity contribution is 0.0698. The van der Waals surface area contributed by atoms with Crippen molar-refractivity contribution in [1.82, 2.24) is 10.2 Å². The van der Waals surface area contributed by atoms with Crippen molar-refractivity contribution < 1.29 is 14.7 Å². The number of anilines is 1. The van der Waals surface area contributed by atoms with Crippen LogP contribution in [0.5, 0.6) is 0 Å². The van der Waals surface area contributed by atoms with Crippen molar-refractivity contribution in [3.05, 3.63) is 41.0 Å². The molecule has 0 fully saturated rings. The van der Waals surface area contributed by atoms with Gasteiger partial charge in [0, 0.05) is 0 Å². The van der Waals surface area contributed by atoms with Crippen molar-refractivity contribution in [2.75, 3.05) is 5.32 Å². The average molecular weight is 249 g/mol. The Balaban J connectivity index is 2.19. The minimum Gasteiger partial charge on any atom is -0.478 e. The van der Waals surface area contributed by atoms with Gasteiger partial charge in [-0.1, -0.05) is 0 Å². The molecule has 0 aliphatic carbocycles. The fraction of sp³-hybridized carbons (Fsp3) is 0. The Morgan fingerprint density at radius 3 is 2.76 bits per heavy atom. The number of hydrogen-bond acceptors (Lipinski definition) is 5. The Bertz CT molecular complexity index is 553. The molecule has 2 aromatic heterocycles. The van der Waals surface area contributed by atoms with Crippen molar-refractivity contribution >= 4 is 28.2 Å². The zero-order valence-electron chi connectivity index (χ0n) is 8.45. The Morgan fingerprint density at radius 1 is 1.29 bits per heavy atom. The van der Waals surface area contributed by atoms with Crippen LogP contribution in [0.1, 0.15) is 20.7 Å². The summed E-state index contributed by atoms with van der Waals surface area (Å²) in [6.07, 6.45) is 2.70. The molecule has 1 amide bonds. The third-order valence-corrected chi connectivity index (χ3v) is 2.80. The van der Waals surface area contributed by atoms with Gasteiger partial charge < -0.3 is 10.4 Å². The first-order chi connectivity index (χ1) is 8.18. The number of nitrogens with zero attached hydrogens (tertiary/aromatic N) is 2. The molecule has 86 valence electrons. The van der Waals surface area contributed by atoms with E-state index in [1.165, 1.54) is 24.5 Å². The molecule has 2 heterocycles. The molecule has 0 saturated heterocycles. The van der Waals surface area contributed by atoms with Crippen LogP contribution in [0.15, 0.2) is 29.9 Å². The first-order valence-electron chi connectivity index (χ1n) is 4.57. The molecular weight excluding hydrogens is 242 g/mol. The molecular formula is C10H7N3O3S. The van der Waals surface area contributed by atoms with E-state index in [4.69, 9.17) is 5.11 Å². The van der Waals surface area contributed by atoms with Gasteiger partial charge in [0.1, 0.15) is 5.00 Å². The van der Waals surface area contributed by atoms with Crippen LogP contribution in [0, 0.1) is 0 Å². The fourth-order valence-corrected chi connectivity index (χ4v) is 1.95. The Hall–Kier alpha value is -2.28. The van der Waals surface area contributed by atoms with Gasteiger partial charge in [0.25, 0.3) is 5.91 Å². The van der Waals surface area contributed by atoms with Crippen LogP contribution in [-0.2, 0) is 0 Å². The number of rotatable bonds is 3. The summed E-state index contributed by atoms with van der Waals surface area (Å²) in [5.41, 5.74) is 0.398. The Labute approximate surface area is 99.9 Å².